The van der Waals surface area contributed by atoms with Gasteiger partial charge in [0.1, 0.15) is 0 Å². The zero-order valence-electron chi connectivity index (χ0n) is 10.7. The van der Waals surface area contributed by atoms with Crippen LogP contribution < -0.4 is 10.6 Å². The second-order valence-corrected chi connectivity index (χ2v) is 3.75. The van der Waals surface area contributed by atoms with Gasteiger partial charge in [-0.1, -0.05) is 20.3 Å². The minimum atomic E-state index is -0.455. The summed E-state index contributed by atoms with van der Waals surface area (Å²) in [6.07, 6.45) is 1.89. The van der Waals surface area contributed by atoms with Gasteiger partial charge in [0.25, 0.3) is 0 Å². The number of unbranched alkanes of at least 4 members (excludes halogenated alkanes) is 1. The van der Waals surface area contributed by atoms with Gasteiger partial charge in [0.15, 0.2) is 0 Å². The van der Waals surface area contributed by atoms with Crippen LogP contribution in [0.1, 0.15) is 26.7 Å². The van der Waals surface area contributed by atoms with E-state index < -0.39 is 6.03 Å². The van der Waals surface area contributed by atoms with Crippen LogP contribution in [0, 0.1) is 0 Å². The maximum atomic E-state index is 11.4. The van der Waals surface area contributed by atoms with E-state index in [1.165, 1.54) is 0 Å². The Morgan fingerprint density at radius 2 is 2.00 bits per heavy atom. The number of carbonyl (C=O) groups is 2. The molecule has 0 aromatic rings. The van der Waals surface area contributed by atoms with Gasteiger partial charge in [-0.15, -0.1) is 0 Å². The lowest BCUT2D eigenvalue weighted by Crippen LogP contribution is -2.45. The molecule has 0 rings (SSSR count). The fourth-order valence-corrected chi connectivity index (χ4v) is 1.28. The zero-order chi connectivity index (χ0) is 13.1. The van der Waals surface area contributed by atoms with Crippen LogP contribution in [0.2, 0.25) is 0 Å². The summed E-state index contributed by atoms with van der Waals surface area (Å²) < 4.78 is 0. The highest BCUT2D eigenvalue weighted by Gasteiger charge is 2.10. The van der Waals surface area contributed by atoms with Crippen molar-refractivity contribution in [2.24, 2.45) is 0 Å². The molecule has 0 unspecified atom stereocenters. The fraction of sp³-hybridized carbons (Fsp3) is 0.818. The van der Waals surface area contributed by atoms with Crippen molar-refractivity contribution in [2.75, 3.05) is 32.8 Å². The van der Waals surface area contributed by atoms with Crippen molar-refractivity contribution < 1.29 is 14.7 Å². The highest BCUT2D eigenvalue weighted by molar-refractivity contribution is 5.95. The van der Waals surface area contributed by atoms with E-state index in [2.05, 4.69) is 10.6 Å². The summed E-state index contributed by atoms with van der Waals surface area (Å²) in [6.45, 7) is 5.71. The van der Waals surface area contributed by atoms with Crippen LogP contribution in [-0.4, -0.2) is 54.7 Å². The van der Waals surface area contributed by atoms with Crippen molar-refractivity contribution in [3.63, 3.8) is 0 Å². The van der Waals surface area contributed by atoms with E-state index in [4.69, 9.17) is 5.11 Å². The number of aliphatic hydroxyl groups is 1. The SMILES string of the molecule is CCCCNC(=O)NC(=O)CN(CC)CCO. The molecule has 3 N–H and O–H groups in total. The first-order valence-electron chi connectivity index (χ1n) is 6.04. The van der Waals surface area contributed by atoms with E-state index in [0.29, 0.717) is 19.6 Å². The van der Waals surface area contributed by atoms with Gasteiger partial charge in [-0.2, -0.15) is 0 Å². The smallest absolute Gasteiger partial charge is 0.321 e. The maximum absolute atomic E-state index is 11.4. The van der Waals surface area contributed by atoms with E-state index in [1.807, 2.05) is 13.8 Å². The Hall–Kier alpha value is -1.14. The lowest BCUT2D eigenvalue weighted by atomic mass is 10.3. The molecule has 0 aromatic heterocycles. The average Bonchev–Trinajstić information content (AvgIpc) is 2.28. The molecule has 17 heavy (non-hydrogen) atoms. The van der Waals surface area contributed by atoms with E-state index in [1.54, 1.807) is 4.90 Å². The number of hydrogen-bond donors (Lipinski definition) is 3. The summed E-state index contributed by atoms with van der Waals surface area (Å²) in [5, 5.41) is 13.6. The normalized spacial score (nSPS) is 10.4. The first kappa shape index (κ1) is 15.9. The Labute approximate surface area is 102 Å². The Bertz CT molecular complexity index is 234. The van der Waals surface area contributed by atoms with E-state index in [9.17, 15) is 9.59 Å². The van der Waals surface area contributed by atoms with Gasteiger partial charge in [-0.3, -0.25) is 15.0 Å². The van der Waals surface area contributed by atoms with Crippen LogP contribution in [0.4, 0.5) is 4.79 Å². The molecule has 0 aliphatic rings. The van der Waals surface area contributed by atoms with Crippen LogP contribution in [0.25, 0.3) is 0 Å². The highest BCUT2D eigenvalue weighted by atomic mass is 16.3. The third kappa shape index (κ3) is 8.65. The second-order valence-electron chi connectivity index (χ2n) is 3.75. The molecular formula is C11H23N3O3. The molecule has 0 saturated heterocycles. The topological polar surface area (TPSA) is 81.7 Å². The second kappa shape index (κ2) is 10.0. The molecule has 6 heteroatoms. The van der Waals surface area contributed by atoms with Crippen LogP contribution in [0.3, 0.4) is 0 Å². The zero-order valence-corrected chi connectivity index (χ0v) is 10.7. The minimum Gasteiger partial charge on any atom is -0.395 e. The molecule has 100 valence electrons. The number of rotatable bonds is 8. The van der Waals surface area contributed by atoms with Crippen molar-refractivity contribution in [3.8, 4) is 0 Å². The molecule has 0 atom stereocenters. The number of aliphatic hydroxyl groups excluding tert-OH is 1. The highest BCUT2D eigenvalue weighted by Crippen LogP contribution is 1.86. The van der Waals surface area contributed by atoms with E-state index in [-0.39, 0.29) is 19.1 Å². The predicted molar refractivity (Wildman–Crippen MR) is 65.6 cm³/mol. The Morgan fingerprint density at radius 3 is 2.53 bits per heavy atom. The van der Waals surface area contributed by atoms with Gasteiger partial charge in [0.05, 0.1) is 13.2 Å². The molecule has 0 aromatic carbocycles. The van der Waals surface area contributed by atoms with Crippen molar-refractivity contribution in [3.05, 3.63) is 0 Å². The molecule has 3 amide bonds. The summed E-state index contributed by atoms with van der Waals surface area (Å²) in [6, 6.07) is -0.455. The van der Waals surface area contributed by atoms with Gasteiger partial charge in [0, 0.05) is 13.1 Å². The van der Waals surface area contributed by atoms with Crippen molar-refractivity contribution in [1.29, 1.82) is 0 Å². The lowest BCUT2D eigenvalue weighted by Gasteiger charge is -2.17. The third-order valence-corrected chi connectivity index (χ3v) is 2.30. The number of urea groups is 1. The summed E-state index contributed by atoms with van der Waals surface area (Å²) in [4.78, 5) is 24.4. The minimum absolute atomic E-state index is 0.00379. The van der Waals surface area contributed by atoms with Crippen molar-refractivity contribution >= 4 is 11.9 Å². The van der Waals surface area contributed by atoms with Crippen LogP contribution >= 0.6 is 0 Å². The van der Waals surface area contributed by atoms with E-state index in [0.717, 1.165) is 12.8 Å². The molecule has 0 heterocycles. The summed E-state index contributed by atoms with van der Waals surface area (Å²) >= 11 is 0. The molecule has 6 nitrogen and oxygen atoms in total. The molecule has 0 bridgehead atoms. The molecule has 0 radical (unpaired) electrons. The first-order chi connectivity index (χ1) is 8.13. The molecular weight excluding hydrogens is 222 g/mol. The summed E-state index contributed by atoms with van der Waals surface area (Å²) in [5.41, 5.74) is 0. The van der Waals surface area contributed by atoms with Crippen LogP contribution in [0.15, 0.2) is 0 Å². The largest absolute Gasteiger partial charge is 0.395 e. The molecule has 0 fully saturated rings. The summed E-state index contributed by atoms with van der Waals surface area (Å²) in [5.74, 6) is -0.353. The van der Waals surface area contributed by atoms with Crippen LogP contribution in [0.5, 0.6) is 0 Å². The van der Waals surface area contributed by atoms with Gasteiger partial charge in [0.2, 0.25) is 5.91 Å². The lowest BCUT2D eigenvalue weighted by molar-refractivity contribution is -0.121. The monoisotopic (exact) mass is 245 g/mol. The number of amides is 3. The molecule has 0 spiro atoms. The third-order valence-electron chi connectivity index (χ3n) is 2.30. The first-order valence-corrected chi connectivity index (χ1v) is 6.04. The predicted octanol–water partition coefficient (Wildman–Crippen LogP) is -0.0735. The van der Waals surface area contributed by atoms with Gasteiger partial charge in [-0.25, -0.2) is 4.79 Å². The molecule has 0 saturated carbocycles. The van der Waals surface area contributed by atoms with E-state index >= 15 is 0 Å². The molecule has 0 aliphatic heterocycles. The standard InChI is InChI=1S/C11H23N3O3/c1-3-5-6-12-11(17)13-10(16)9-14(4-2)7-8-15/h15H,3-9H2,1-2H3,(H2,12,13,16,17). The quantitative estimate of drug-likeness (QED) is 0.523. The van der Waals surface area contributed by atoms with Gasteiger partial charge in [-0.05, 0) is 13.0 Å². The van der Waals surface area contributed by atoms with Crippen LogP contribution in [-0.2, 0) is 4.79 Å². The molecule has 0 aliphatic carbocycles. The number of hydrogen-bond acceptors (Lipinski definition) is 4. The van der Waals surface area contributed by atoms with Crippen molar-refractivity contribution in [2.45, 2.75) is 26.7 Å². The van der Waals surface area contributed by atoms with Crippen molar-refractivity contribution in [1.82, 2.24) is 15.5 Å². The Morgan fingerprint density at radius 1 is 1.29 bits per heavy atom. The number of carbonyl (C=O) groups excluding carboxylic acids is 2. The number of nitrogens with one attached hydrogen (secondary N) is 2. The average molecular weight is 245 g/mol. The number of likely N-dealkylation sites (N-methyl/N-ethyl adjacent to an activating group) is 1. The number of imide groups is 1. The fourth-order valence-electron chi connectivity index (χ4n) is 1.28. The van der Waals surface area contributed by atoms with Gasteiger partial charge < -0.3 is 10.4 Å². The Balaban J connectivity index is 3.79. The summed E-state index contributed by atoms with van der Waals surface area (Å²) in [7, 11) is 0. The number of nitrogens with zero attached hydrogens (tertiary/aromatic N) is 1. The Kier molecular flexibility index (Phi) is 9.37. The van der Waals surface area contributed by atoms with Gasteiger partial charge >= 0.3 is 6.03 Å². The maximum Gasteiger partial charge on any atom is 0.321 e.